The number of nitrogens with one attached hydrogen (secondary N) is 1. The van der Waals surface area contributed by atoms with E-state index in [1.807, 2.05) is 7.05 Å². The van der Waals surface area contributed by atoms with Crippen molar-refractivity contribution in [3.05, 3.63) is 0 Å². The molecule has 1 saturated heterocycles. The van der Waals surface area contributed by atoms with Gasteiger partial charge >= 0.3 is 0 Å². The summed E-state index contributed by atoms with van der Waals surface area (Å²) in [5, 5.41) is 2.86. The van der Waals surface area contributed by atoms with E-state index in [-0.39, 0.29) is 12.1 Å². The van der Waals surface area contributed by atoms with Gasteiger partial charge in [0.05, 0.1) is 6.54 Å². The number of nitrogens with zero attached hydrogens (tertiary/aromatic N) is 1. The van der Waals surface area contributed by atoms with Crippen LogP contribution in [0.5, 0.6) is 0 Å². The molecule has 1 atom stereocenters. The summed E-state index contributed by atoms with van der Waals surface area (Å²) in [5.74, 6) is 0. The Balaban J connectivity index is 2.41. The minimum atomic E-state index is -2.30. The third kappa shape index (κ3) is 2.86. The molecule has 13 heavy (non-hydrogen) atoms. The molecule has 1 aliphatic rings. The van der Waals surface area contributed by atoms with Crippen molar-refractivity contribution in [1.82, 2.24) is 10.2 Å². The van der Waals surface area contributed by atoms with Gasteiger partial charge in [-0.1, -0.05) is 0 Å². The Labute approximate surface area is 77.3 Å². The smallest absolute Gasteiger partial charge is 0.250 e. The number of nitrogens with two attached hydrogens (primary N) is 1. The van der Waals surface area contributed by atoms with Crippen LogP contribution < -0.4 is 11.1 Å². The first-order chi connectivity index (χ1) is 6.08. The van der Waals surface area contributed by atoms with Gasteiger partial charge < -0.3 is 16.0 Å². The number of halogens is 2. The first-order valence-electron chi connectivity index (χ1n) is 4.50. The Morgan fingerprint density at radius 3 is 2.69 bits per heavy atom. The molecule has 1 fully saturated rings. The summed E-state index contributed by atoms with van der Waals surface area (Å²) in [5.41, 5.74) is 5.30. The summed E-state index contributed by atoms with van der Waals surface area (Å²) >= 11 is 0. The maximum absolute atomic E-state index is 12.0. The average molecular weight is 193 g/mol. The van der Waals surface area contributed by atoms with Crippen LogP contribution in [-0.4, -0.2) is 50.1 Å². The lowest BCUT2D eigenvalue weighted by molar-refractivity contribution is 0.130. The minimum absolute atomic E-state index is 0.259. The SMILES string of the molecule is CN1CCC(CN)(NCC(F)F)C1. The topological polar surface area (TPSA) is 41.3 Å². The third-order valence-electron chi connectivity index (χ3n) is 2.57. The summed E-state index contributed by atoms with van der Waals surface area (Å²) in [6, 6.07) is 0. The van der Waals surface area contributed by atoms with Crippen LogP contribution in [0.2, 0.25) is 0 Å². The third-order valence-corrected chi connectivity index (χ3v) is 2.57. The van der Waals surface area contributed by atoms with Gasteiger partial charge in [-0.2, -0.15) is 0 Å². The zero-order valence-corrected chi connectivity index (χ0v) is 7.89. The normalized spacial score (nSPS) is 30.2. The molecule has 0 aliphatic carbocycles. The summed E-state index contributed by atoms with van der Waals surface area (Å²) in [4.78, 5) is 2.10. The van der Waals surface area contributed by atoms with E-state index in [4.69, 9.17) is 5.73 Å². The molecule has 0 bridgehead atoms. The second-order valence-corrected chi connectivity index (χ2v) is 3.74. The molecule has 78 valence electrons. The standard InChI is InChI=1S/C8H17F2N3/c1-13-3-2-8(5-11,6-13)12-4-7(9)10/h7,12H,2-6,11H2,1H3. The Hall–Kier alpha value is -0.260. The van der Waals surface area contributed by atoms with Crippen LogP contribution in [0.3, 0.4) is 0 Å². The van der Waals surface area contributed by atoms with Crippen molar-refractivity contribution in [2.45, 2.75) is 18.4 Å². The van der Waals surface area contributed by atoms with Crippen molar-refractivity contribution in [1.29, 1.82) is 0 Å². The Kier molecular flexibility index (Phi) is 3.58. The van der Waals surface area contributed by atoms with E-state index in [1.54, 1.807) is 0 Å². The average Bonchev–Trinajstić information content (AvgIpc) is 2.45. The molecule has 0 amide bonds. The van der Waals surface area contributed by atoms with Gasteiger partial charge in [0.1, 0.15) is 0 Å². The monoisotopic (exact) mass is 193 g/mol. The highest BCUT2D eigenvalue weighted by molar-refractivity contribution is 4.97. The van der Waals surface area contributed by atoms with Crippen molar-refractivity contribution >= 4 is 0 Å². The quantitative estimate of drug-likeness (QED) is 0.653. The Morgan fingerprint density at radius 1 is 1.62 bits per heavy atom. The Morgan fingerprint density at radius 2 is 2.31 bits per heavy atom. The zero-order valence-electron chi connectivity index (χ0n) is 7.89. The number of rotatable bonds is 4. The molecule has 1 heterocycles. The number of likely N-dealkylation sites (tertiary alicyclic amines) is 1. The predicted molar refractivity (Wildman–Crippen MR) is 47.9 cm³/mol. The van der Waals surface area contributed by atoms with Crippen LogP contribution in [0.15, 0.2) is 0 Å². The van der Waals surface area contributed by atoms with Gasteiger partial charge in [0.15, 0.2) is 0 Å². The molecule has 5 heteroatoms. The highest BCUT2D eigenvalue weighted by Crippen LogP contribution is 2.18. The van der Waals surface area contributed by atoms with Crippen molar-refractivity contribution < 1.29 is 8.78 Å². The maximum Gasteiger partial charge on any atom is 0.250 e. The van der Waals surface area contributed by atoms with Gasteiger partial charge in [-0.05, 0) is 20.0 Å². The van der Waals surface area contributed by atoms with Gasteiger partial charge in [0, 0.05) is 18.6 Å². The van der Waals surface area contributed by atoms with Crippen LogP contribution in [0.4, 0.5) is 8.78 Å². The number of hydrogen-bond donors (Lipinski definition) is 2. The van der Waals surface area contributed by atoms with Crippen molar-refractivity contribution in [3.63, 3.8) is 0 Å². The molecular weight excluding hydrogens is 176 g/mol. The molecule has 0 aromatic rings. The molecule has 0 saturated carbocycles. The largest absolute Gasteiger partial charge is 0.329 e. The van der Waals surface area contributed by atoms with Crippen LogP contribution in [0.25, 0.3) is 0 Å². The van der Waals surface area contributed by atoms with E-state index in [1.165, 1.54) is 0 Å². The number of alkyl halides is 2. The predicted octanol–water partition coefficient (Wildman–Crippen LogP) is -0.126. The fraction of sp³-hybridized carbons (Fsp3) is 1.00. The molecular formula is C8H17F2N3. The van der Waals surface area contributed by atoms with Crippen molar-refractivity contribution in [2.75, 3.05) is 33.2 Å². The Bertz CT molecular complexity index is 165. The van der Waals surface area contributed by atoms with Crippen LogP contribution in [-0.2, 0) is 0 Å². The van der Waals surface area contributed by atoms with Gasteiger partial charge in [0.25, 0.3) is 6.43 Å². The summed E-state index contributed by atoms with van der Waals surface area (Å²) in [6.07, 6.45) is -1.44. The van der Waals surface area contributed by atoms with E-state index in [2.05, 4.69) is 10.2 Å². The van der Waals surface area contributed by atoms with Crippen LogP contribution >= 0.6 is 0 Å². The summed E-state index contributed by atoms with van der Waals surface area (Å²) < 4.78 is 23.9. The maximum atomic E-state index is 12.0. The molecule has 0 aromatic heterocycles. The number of likely N-dealkylation sites (N-methyl/N-ethyl adjacent to an activating group) is 1. The lowest BCUT2D eigenvalue weighted by Crippen LogP contribution is -2.54. The lowest BCUT2D eigenvalue weighted by Gasteiger charge is -2.28. The summed E-state index contributed by atoms with van der Waals surface area (Å²) in [6.45, 7) is 1.85. The van der Waals surface area contributed by atoms with Gasteiger partial charge in [-0.25, -0.2) is 8.78 Å². The first-order valence-corrected chi connectivity index (χ1v) is 4.50. The van der Waals surface area contributed by atoms with E-state index < -0.39 is 6.43 Å². The molecule has 1 unspecified atom stereocenters. The fourth-order valence-electron chi connectivity index (χ4n) is 1.76. The highest BCUT2D eigenvalue weighted by Gasteiger charge is 2.35. The van der Waals surface area contributed by atoms with Crippen molar-refractivity contribution in [3.8, 4) is 0 Å². The molecule has 0 radical (unpaired) electrons. The second kappa shape index (κ2) is 4.30. The van der Waals surface area contributed by atoms with Gasteiger partial charge in [-0.15, -0.1) is 0 Å². The van der Waals surface area contributed by atoms with Gasteiger partial charge in [-0.3, -0.25) is 0 Å². The fourth-order valence-corrected chi connectivity index (χ4v) is 1.76. The molecule has 3 nitrogen and oxygen atoms in total. The van der Waals surface area contributed by atoms with E-state index in [9.17, 15) is 8.78 Å². The van der Waals surface area contributed by atoms with Crippen LogP contribution in [0.1, 0.15) is 6.42 Å². The van der Waals surface area contributed by atoms with E-state index >= 15 is 0 Å². The molecule has 1 aliphatic heterocycles. The first kappa shape index (κ1) is 10.8. The molecule has 3 N–H and O–H groups in total. The molecule has 0 spiro atoms. The minimum Gasteiger partial charge on any atom is -0.329 e. The molecule has 0 aromatic carbocycles. The van der Waals surface area contributed by atoms with E-state index in [0.29, 0.717) is 6.54 Å². The van der Waals surface area contributed by atoms with Gasteiger partial charge in [0.2, 0.25) is 0 Å². The zero-order chi connectivity index (χ0) is 9.90. The highest BCUT2D eigenvalue weighted by atomic mass is 19.3. The lowest BCUT2D eigenvalue weighted by atomic mass is 9.99. The van der Waals surface area contributed by atoms with E-state index in [0.717, 1.165) is 19.5 Å². The molecule has 1 rings (SSSR count). The van der Waals surface area contributed by atoms with Crippen LogP contribution in [0, 0.1) is 0 Å². The number of hydrogen-bond acceptors (Lipinski definition) is 3. The van der Waals surface area contributed by atoms with Crippen molar-refractivity contribution in [2.24, 2.45) is 5.73 Å². The second-order valence-electron chi connectivity index (χ2n) is 3.74. The summed E-state index contributed by atoms with van der Waals surface area (Å²) in [7, 11) is 1.97.